The molecule has 0 fully saturated rings. The number of methoxy groups -OCH3 is 1. The molecule has 2 aromatic heterocycles. The van der Waals surface area contributed by atoms with Gasteiger partial charge < -0.3 is 9.64 Å². The molecule has 0 aliphatic carbocycles. The Kier molecular flexibility index (Phi) is 4.95. The summed E-state index contributed by atoms with van der Waals surface area (Å²) in [4.78, 5) is 27.6. The van der Waals surface area contributed by atoms with Gasteiger partial charge in [-0.3, -0.25) is 4.79 Å². The minimum Gasteiger partial charge on any atom is -0.497 e. The Hall–Kier alpha value is -2.83. The van der Waals surface area contributed by atoms with Crippen molar-refractivity contribution in [3.05, 3.63) is 40.3 Å². The van der Waals surface area contributed by atoms with Gasteiger partial charge in [0.1, 0.15) is 12.3 Å². The van der Waals surface area contributed by atoms with Crippen molar-refractivity contribution in [3.63, 3.8) is 0 Å². The van der Waals surface area contributed by atoms with E-state index in [1.165, 1.54) is 4.68 Å². The molecule has 0 saturated carbocycles. The molecule has 144 valence electrons. The lowest BCUT2D eigenvalue weighted by molar-refractivity contribution is -0.135. The van der Waals surface area contributed by atoms with Crippen LogP contribution in [-0.2, 0) is 11.3 Å². The number of carbonyl (C=O) groups excluding carboxylic acids is 1. The van der Waals surface area contributed by atoms with Crippen LogP contribution in [-0.4, -0.2) is 44.2 Å². The van der Waals surface area contributed by atoms with Crippen LogP contribution in [0.15, 0.2) is 29.1 Å². The zero-order valence-electron chi connectivity index (χ0n) is 16.7. The minimum atomic E-state index is -0.326. The third-order valence-corrected chi connectivity index (χ3v) is 4.73. The highest BCUT2D eigenvalue weighted by Gasteiger charge is 2.22. The zero-order chi connectivity index (χ0) is 19.9. The molecule has 27 heavy (non-hydrogen) atoms. The molecule has 2 heterocycles. The van der Waals surface area contributed by atoms with Crippen LogP contribution >= 0.6 is 0 Å². The summed E-state index contributed by atoms with van der Waals surface area (Å²) in [6.45, 7) is 9.69. The second kappa shape index (κ2) is 7.06. The standard InChI is InChI=1S/C20H26N4O3/c1-12(2)23(13(3)4)18(25)11-22-20(26)24-17-10-16(27-6)8-7-15(17)9-14(5)19(24)21-22/h7-10,12-13H,11H2,1-6H3. The quantitative estimate of drug-likeness (QED) is 0.692. The molecule has 7 heteroatoms. The molecule has 1 amide bonds. The van der Waals surface area contributed by atoms with Crippen molar-refractivity contribution in [2.75, 3.05) is 7.11 Å². The summed E-state index contributed by atoms with van der Waals surface area (Å²) in [6.07, 6.45) is 0. The van der Waals surface area contributed by atoms with E-state index in [0.717, 1.165) is 10.9 Å². The van der Waals surface area contributed by atoms with Gasteiger partial charge in [0, 0.05) is 18.2 Å². The molecular formula is C20H26N4O3. The van der Waals surface area contributed by atoms with Crippen LogP contribution in [0, 0.1) is 6.92 Å². The molecule has 0 bridgehead atoms. The van der Waals surface area contributed by atoms with Gasteiger partial charge in [-0.05, 0) is 63.8 Å². The van der Waals surface area contributed by atoms with Gasteiger partial charge in [0.15, 0.2) is 5.65 Å². The molecule has 0 aliphatic heterocycles. The van der Waals surface area contributed by atoms with E-state index in [-0.39, 0.29) is 30.2 Å². The van der Waals surface area contributed by atoms with Crippen LogP contribution < -0.4 is 10.4 Å². The summed E-state index contributed by atoms with van der Waals surface area (Å²) < 4.78 is 8.10. The molecule has 3 aromatic rings. The van der Waals surface area contributed by atoms with Crippen LogP contribution in [0.3, 0.4) is 0 Å². The third kappa shape index (κ3) is 3.29. The lowest BCUT2D eigenvalue weighted by atomic mass is 10.1. The Morgan fingerprint density at radius 1 is 1.19 bits per heavy atom. The lowest BCUT2D eigenvalue weighted by Crippen LogP contribution is -2.44. The fourth-order valence-electron chi connectivity index (χ4n) is 3.63. The molecule has 0 spiro atoms. The molecule has 0 saturated heterocycles. The second-order valence-corrected chi connectivity index (χ2v) is 7.34. The van der Waals surface area contributed by atoms with E-state index in [0.29, 0.717) is 16.9 Å². The number of nitrogens with zero attached hydrogens (tertiary/aromatic N) is 4. The summed E-state index contributed by atoms with van der Waals surface area (Å²) in [6, 6.07) is 7.67. The summed E-state index contributed by atoms with van der Waals surface area (Å²) in [7, 11) is 1.59. The van der Waals surface area contributed by atoms with Crippen molar-refractivity contribution in [1.82, 2.24) is 19.1 Å². The van der Waals surface area contributed by atoms with E-state index in [9.17, 15) is 9.59 Å². The highest BCUT2D eigenvalue weighted by atomic mass is 16.5. The van der Waals surface area contributed by atoms with Crippen molar-refractivity contribution in [3.8, 4) is 5.75 Å². The summed E-state index contributed by atoms with van der Waals surface area (Å²) in [5, 5.41) is 5.35. The van der Waals surface area contributed by atoms with Crippen LogP contribution in [0.5, 0.6) is 5.75 Å². The molecule has 0 unspecified atom stereocenters. The summed E-state index contributed by atoms with van der Waals surface area (Å²) in [5.41, 5.74) is 1.81. The van der Waals surface area contributed by atoms with Crippen molar-refractivity contribution < 1.29 is 9.53 Å². The highest BCUT2D eigenvalue weighted by Crippen LogP contribution is 2.23. The number of hydrogen-bond donors (Lipinski definition) is 0. The SMILES string of the molecule is COc1ccc2cc(C)c3nn(CC(=O)N(C(C)C)C(C)C)c(=O)n3c2c1. The Bertz CT molecular complexity index is 1050. The second-order valence-electron chi connectivity index (χ2n) is 7.34. The average Bonchev–Trinajstić information content (AvgIpc) is 2.91. The lowest BCUT2D eigenvalue weighted by Gasteiger charge is -2.30. The maximum atomic E-state index is 13.0. The fraction of sp³-hybridized carbons (Fsp3) is 0.450. The number of benzene rings is 1. The van der Waals surface area contributed by atoms with Gasteiger partial charge in [0.25, 0.3) is 0 Å². The molecule has 0 aliphatic rings. The molecule has 0 atom stereocenters. The first kappa shape index (κ1) is 18.9. The van der Waals surface area contributed by atoms with Crippen molar-refractivity contribution in [2.45, 2.75) is 53.2 Å². The van der Waals surface area contributed by atoms with E-state index in [4.69, 9.17) is 4.74 Å². The number of fused-ring (bicyclic) bond motifs is 3. The van der Waals surface area contributed by atoms with Gasteiger partial charge >= 0.3 is 5.69 Å². The number of rotatable bonds is 5. The van der Waals surface area contributed by atoms with Gasteiger partial charge in [-0.25, -0.2) is 13.9 Å². The molecule has 1 aromatic carbocycles. The normalized spacial score (nSPS) is 11.7. The van der Waals surface area contributed by atoms with Crippen LogP contribution in [0.4, 0.5) is 0 Å². The van der Waals surface area contributed by atoms with Crippen molar-refractivity contribution in [1.29, 1.82) is 0 Å². The van der Waals surface area contributed by atoms with Crippen LogP contribution in [0.25, 0.3) is 16.6 Å². The highest BCUT2D eigenvalue weighted by molar-refractivity contribution is 5.84. The first-order valence-electron chi connectivity index (χ1n) is 9.12. The Labute approximate surface area is 158 Å². The third-order valence-electron chi connectivity index (χ3n) is 4.73. The number of aromatic nitrogens is 3. The Balaban J connectivity index is 2.14. The van der Waals surface area contributed by atoms with Gasteiger partial charge in [-0.15, -0.1) is 5.10 Å². The first-order chi connectivity index (χ1) is 12.7. The molecule has 0 N–H and O–H groups in total. The van der Waals surface area contributed by atoms with Gasteiger partial charge in [-0.2, -0.15) is 0 Å². The predicted octanol–water partition coefficient (Wildman–Crippen LogP) is 2.61. The van der Waals surface area contributed by atoms with Crippen LogP contribution in [0.2, 0.25) is 0 Å². The molecular weight excluding hydrogens is 344 g/mol. The number of aryl methyl sites for hydroxylation is 1. The Morgan fingerprint density at radius 3 is 2.44 bits per heavy atom. The largest absolute Gasteiger partial charge is 0.497 e. The van der Waals surface area contributed by atoms with Crippen molar-refractivity contribution >= 4 is 22.5 Å². The minimum absolute atomic E-state index is 0.0528. The van der Waals surface area contributed by atoms with Crippen LogP contribution in [0.1, 0.15) is 33.3 Å². The zero-order valence-corrected chi connectivity index (χ0v) is 16.7. The van der Waals surface area contributed by atoms with E-state index in [1.54, 1.807) is 16.4 Å². The first-order valence-corrected chi connectivity index (χ1v) is 9.12. The average molecular weight is 370 g/mol. The molecule has 7 nitrogen and oxygen atoms in total. The maximum Gasteiger partial charge on any atom is 0.351 e. The monoisotopic (exact) mass is 370 g/mol. The van der Waals surface area contributed by atoms with E-state index in [2.05, 4.69) is 5.10 Å². The smallest absolute Gasteiger partial charge is 0.351 e. The van der Waals surface area contributed by atoms with Gasteiger partial charge in [0.05, 0.1) is 12.6 Å². The topological polar surface area (TPSA) is 68.8 Å². The van der Waals surface area contributed by atoms with Gasteiger partial charge in [0.2, 0.25) is 5.91 Å². The number of amides is 1. The van der Waals surface area contributed by atoms with E-state index < -0.39 is 0 Å². The number of pyridine rings is 1. The van der Waals surface area contributed by atoms with E-state index in [1.807, 2.05) is 58.9 Å². The van der Waals surface area contributed by atoms with Crippen molar-refractivity contribution in [2.24, 2.45) is 0 Å². The maximum absolute atomic E-state index is 13.0. The predicted molar refractivity (Wildman–Crippen MR) is 105 cm³/mol. The number of ether oxygens (including phenoxy) is 1. The van der Waals surface area contributed by atoms with E-state index >= 15 is 0 Å². The number of hydrogen-bond acceptors (Lipinski definition) is 4. The Morgan fingerprint density at radius 2 is 1.85 bits per heavy atom. The van der Waals surface area contributed by atoms with Gasteiger partial charge in [-0.1, -0.05) is 0 Å². The molecule has 3 rings (SSSR count). The summed E-state index contributed by atoms with van der Waals surface area (Å²) in [5.74, 6) is 0.541. The molecule has 0 radical (unpaired) electrons. The number of carbonyl (C=O) groups is 1. The fourth-order valence-corrected chi connectivity index (χ4v) is 3.63. The summed E-state index contributed by atoms with van der Waals surface area (Å²) >= 11 is 0.